The molecule has 0 saturated heterocycles. The predicted molar refractivity (Wildman–Crippen MR) is 118 cm³/mol. The highest BCUT2D eigenvalue weighted by Gasteiger charge is 2.17. The Hall–Kier alpha value is -2.07. The zero-order valence-electron chi connectivity index (χ0n) is 18.4. The number of benzene rings is 1. The summed E-state index contributed by atoms with van der Waals surface area (Å²) in [6, 6.07) is 10.7. The van der Waals surface area contributed by atoms with E-state index in [0.29, 0.717) is 6.61 Å². The second-order valence-electron chi connectivity index (χ2n) is 7.52. The number of halogens is 1. The molecule has 0 radical (unpaired) electrons. The molecule has 166 valence electrons. The lowest BCUT2D eigenvalue weighted by Gasteiger charge is -2.05. The Kier molecular flexibility index (Phi) is 13.6. The fourth-order valence-corrected chi connectivity index (χ4v) is 3.67. The smallest absolute Gasteiger partial charge is 0.330 e. The van der Waals surface area contributed by atoms with Gasteiger partial charge in [0.05, 0.1) is 25.3 Å². The fraction of sp³-hybridized carbons (Fsp3) is 0.520. The number of carbonyl (C=O) groups excluding carboxylic acids is 1. The normalized spacial score (nSPS) is 10.4. The van der Waals surface area contributed by atoms with Gasteiger partial charge in [-0.25, -0.2) is 13.9 Å². The van der Waals surface area contributed by atoms with Gasteiger partial charge in [0.1, 0.15) is 12.4 Å². The van der Waals surface area contributed by atoms with Gasteiger partial charge in [-0.15, -0.1) is 0 Å². The number of aryl methyl sites for hydroxylation is 2. The number of nitrogens with zero attached hydrogens (tertiary/aromatic N) is 2. The third-order valence-electron chi connectivity index (χ3n) is 5.30. The molecule has 0 aliphatic rings. The van der Waals surface area contributed by atoms with Gasteiger partial charge in [0.15, 0.2) is 0 Å². The second kappa shape index (κ2) is 15.7. The number of aromatic nitrogens is 2. The van der Waals surface area contributed by atoms with Crippen LogP contribution in [0.1, 0.15) is 64.7 Å². The van der Waals surface area contributed by atoms with E-state index in [0.717, 1.165) is 25.9 Å². The molecule has 0 fully saturated rings. The zero-order valence-corrected chi connectivity index (χ0v) is 19.2. The Morgan fingerprint density at radius 2 is 1.60 bits per heavy atom. The molecule has 0 amide bonds. The SMILES string of the molecule is C=CC(=O)OCCCCCCCCCCC[n+]1ccn(CC)c1-c1ccccc1.[Cl-]. The molecular formula is C25H37ClN2O2. The van der Waals surface area contributed by atoms with Crippen molar-refractivity contribution < 1.29 is 26.5 Å². The molecule has 0 saturated carbocycles. The third kappa shape index (κ3) is 9.17. The van der Waals surface area contributed by atoms with E-state index in [2.05, 4.69) is 65.4 Å². The van der Waals surface area contributed by atoms with Crippen LogP contribution >= 0.6 is 0 Å². The standard InChI is InChI=1S/C25H37N2O2.ClH/c1-3-24(28)29-22-16-11-9-7-5-6-8-10-15-19-27-21-20-26(4-2)25(27)23-17-13-12-14-18-23;/h3,12-14,17-18,20-21H,1,4-11,15-16,19,22H2,2H3;1H/q+1;/p-1. The Morgan fingerprint density at radius 3 is 2.20 bits per heavy atom. The summed E-state index contributed by atoms with van der Waals surface area (Å²) < 4.78 is 9.71. The number of imidazole rings is 1. The number of hydrogen-bond donors (Lipinski definition) is 0. The maximum atomic E-state index is 10.9. The highest BCUT2D eigenvalue weighted by molar-refractivity contribution is 5.81. The summed E-state index contributed by atoms with van der Waals surface area (Å²) in [7, 11) is 0. The minimum absolute atomic E-state index is 0. The summed E-state index contributed by atoms with van der Waals surface area (Å²) in [5.41, 5.74) is 1.29. The van der Waals surface area contributed by atoms with E-state index in [1.807, 2.05) is 0 Å². The summed E-state index contributed by atoms with van der Waals surface area (Å²) >= 11 is 0. The first kappa shape index (κ1) is 26.0. The van der Waals surface area contributed by atoms with Gasteiger partial charge >= 0.3 is 5.97 Å². The van der Waals surface area contributed by atoms with E-state index >= 15 is 0 Å². The molecule has 0 spiro atoms. The van der Waals surface area contributed by atoms with Gasteiger partial charge in [-0.3, -0.25) is 0 Å². The average Bonchev–Trinajstić information content (AvgIpc) is 3.17. The van der Waals surface area contributed by atoms with E-state index in [-0.39, 0.29) is 18.4 Å². The van der Waals surface area contributed by atoms with E-state index in [1.54, 1.807) is 0 Å². The lowest BCUT2D eigenvalue weighted by atomic mass is 10.1. The van der Waals surface area contributed by atoms with Gasteiger partial charge < -0.3 is 17.1 Å². The Balaban J connectivity index is 0.00000450. The van der Waals surface area contributed by atoms with Crippen molar-refractivity contribution in [3.8, 4) is 11.4 Å². The topological polar surface area (TPSA) is 35.1 Å². The van der Waals surface area contributed by atoms with E-state index in [1.165, 1.54) is 62.4 Å². The largest absolute Gasteiger partial charge is 1.00 e. The Bertz CT molecular complexity index is 728. The van der Waals surface area contributed by atoms with E-state index < -0.39 is 0 Å². The number of hydrogen-bond acceptors (Lipinski definition) is 2. The van der Waals surface area contributed by atoms with Crippen LogP contribution in [0.4, 0.5) is 0 Å². The molecule has 1 aromatic carbocycles. The minimum atomic E-state index is -0.315. The van der Waals surface area contributed by atoms with Crippen LogP contribution in [0.3, 0.4) is 0 Å². The number of carbonyl (C=O) groups is 1. The van der Waals surface area contributed by atoms with Crippen LogP contribution in [0, 0.1) is 0 Å². The second-order valence-corrected chi connectivity index (χ2v) is 7.52. The lowest BCUT2D eigenvalue weighted by molar-refractivity contribution is -0.686. The van der Waals surface area contributed by atoms with Crippen molar-refractivity contribution in [1.29, 1.82) is 0 Å². The van der Waals surface area contributed by atoms with Crippen molar-refractivity contribution in [3.05, 3.63) is 55.4 Å². The van der Waals surface area contributed by atoms with Crippen molar-refractivity contribution >= 4 is 5.97 Å². The maximum absolute atomic E-state index is 10.9. The van der Waals surface area contributed by atoms with Gasteiger partial charge in [-0.05, 0) is 38.3 Å². The molecule has 1 aromatic heterocycles. The number of esters is 1. The summed E-state index contributed by atoms with van der Waals surface area (Å²) in [5.74, 6) is 0.997. The van der Waals surface area contributed by atoms with Crippen LogP contribution in [0.25, 0.3) is 11.4 Å². The molecule has 2 aromatic rings. The van der Waals surface area contributed by atoms with Gasteiger partial charge in [-0.1, -0.05) is 63.3 Å². The maximum Gasteiger partial charge on any atom is 0.330 e. The van der Waals surface area contributed by atoms with Crippen molar-refractivity contribution in [1.82, 2.24) is 4.57 Å². The fourth-order valence-electron chi connectivity index (χ4n) is 3.67. The molecular weight excluding hydrogens is 396 g/mol. The number of rotatable bonds is 15. The molecule has 5 heteroatoms. The number of ether oxygens (including phenoxy) is 1. The lowest BCUT2D eigenvalue weighted by Crippen LogP contribution is -3.00. The first-order chi connectivity index (χ1) is 14.3. The molecule has 2 rings (SSSR count). The van der Waals surface area contributed by atoms with Crippen LogP contribution in [0.15, 0.2) is 55.4 Å². The van der Waals surface area contributed by atoms with Crippen LogP contribution in [0.5, 0.6) is 0 Å². The summed E-state index contributed by atoms with van der Waals surface area (Å²) in [6.45, 7) is 8.19. The molecule has 4 nitrogen and oxygen atoms in total. The van der Waals surface area contributed by atoms with Crippen LogP contribution < -0.4 is 17.0 Å². The van der Waals surface area contributed by atoms with Crippen LogP contribution in [-0.2, 0) is 22.6 Å². The van der Waals surface area contributed by atoms with Gasteiger partial charge in [-0.2, -0.15) is 0 Å². The molecule has 0 aliphatic carbocycles. The number of unbranched alkanes of at least 4 members (excludes halogenated alkanes) is 8. The molecule has 1 heterocycles. The highest BCUT2D eigenvalue weighted by atomic mass is 35.5. The average molecular weight is 433 g/mol. The van der Waals surface area contributed by atoms with E-state index in [4.69, 9.17) is 4.74 Å². The zero-order chi connectivity index (χ0) is 20.7. The quantitative estimate of drug-likeness (QED) is 0.188. The third-order valence-corrected chi connectivity index (χ3v) is 5.30. The summed E-state index contributed by atoms with van der Waals surface area (Å²) in [6.07, 6.45) is 16.7. The van der Waals surface area contributed by atoms with Crippen LogP contribution in [-0.4, -0.2) is 17.1 Å². The van der Waals surface area contributed by atoms with Gasteiger partial charge in [0.25, 0.3) is 5.82 Å². The first-order valence-electron chi connectivity index (χ1n) is 11.2. The summed E-state index contributed by atoms with van der Waals surface area (Å²) in [5, 5.41) is 0. The van der Waals surface area contributed by atoms with Crippen LogP contribution in [0.2, 0.25) is 0 Å². The van der Waals surface area contributed by atoms with Gasteiger partial charge in [0.2, 0.25) is 0 Å². The minimum Gasteiger partial charge on any atom is -1.00 e. The van der Waals surface area contributed by atoms with Crippen molar-refractivity contribution in [3.63, 3.8) is 0 Å². The predicted octanol–water partition coefficient (Wildman–Crippen LogP) is 2.71. The van der Waals surface area contributed by atoms with E-state index in [9.17, 15) is 4.79 Å². The summed E-state index contributed by atoms with van der Waals surface area (Å²) in [4.78, 5) is 10.9. The molecule has 0 unspecified atom stereocenters. The molecule has 0 aliphatic heterocycles. The van der Waals surface area contributed by atoms with Crippen molar-refractivity contribution in [2.75, 3.05) is 6.61 Å². The molecule has 30 heavy (non-hydrogen) atoms. The van der Waals surface area contributed by atoms with Gasteiger partial charge in [0, 0.05) is 6.08 Å². The van der Waals surface area contributed by atoms with Crippen molar-refractivity contribution in [2.24, 2.45) is 0 Å². The Morgan fingerprint density at radius 1 is 1.00 bits per heavy atom. The Labute approximate surface area is 188 Å². The van der Waals surface area contributed by atoms with Crippen molar-refractivity contribution in [2.45, 2.75) is 77.8 Å². The monoisotopic (exact) mass is 432 g/mol. The first-order valence-corrected chi connectivity index (χ1v) is 11.2. The highest BCUT2D eigenvalue weighted by Crippen LogP contribution is 2.16. The molecule has 0 N–H and O–H groups in total. The molecule has 0 atom stereocenters. The molecule has 0 bridgehead atoms.